The van der Waals surface area contributed by atoms with Crippen LogP contribution in [0.2, 0.25) is 0 Å². The van der Waals surface area contributed by atoms with Gasteiger partial charge in [-0.15, -0.1) is 0 Å². The first kappa shape index (κ1) is 14.4. The highest BCUT2D eigenvalue weighted by atomic mass is 16.6. The molecule has 2 atom stereocenters. The molecule has 6 nitrogen and oxygen atoms in total. The van der Waals surface area contributed by atoms with Gasteiger partial charge in [0.15, 0.2) is 6.10 Å². The lowest BCUT2D eigenvalue weighted by atomic mass is 10.2. The molecule has 0 aromatic heterocycles. The third-order valence-electron chi connectivity index (χ3n) is 1.64. The molecule has 0 heterocycles. The zero-order valence-corrected chi connectivity index (χ0v) is 9.81. The lowest BCUT2D eigenvalue weighted by Crippen LogP contribution is -2.36. The van der Waals surface area contributed by atoms with E-state index in [9.17, 15) is 14.4 Å². The van der Waals surface area contributed by atoms with Gasteiger partial charge in [-0.3, -0.25) is 14.4 Å². The number of hydrogen-bond acceptors (Lipinski definition) is 6. The molecule has 0 aliphatic carbocycles. The molecule has 0 rings (SSSR count). The van der Waals surface area contributed by atoms with Gasteiger partial charge in [-0.05, 0) is 6.92 Å². The number of esters is 3. The van der Waals surface area contributed by atoms with Gasteiger partial charge in [-0.2, -0.15) is 0 Å². The number of carbonyl (C=O) groups excluding carboxylic acids is 3. The van der Waals surface area contributed by atoms with E-state index in [0.717, 1.165) is 0 Å². The second-order valence-electron chi connectivity index (χ2n) is 3.27. The Bertz CT molecular complexity index is 272. The summed E-state index contributed by atoms with van der Waals surface area (Å²) in [6.07, 6.45) is -1.45. The molecule has 0 amide bonds. The van der Waals surface area contributed by atoms with Gasteiger partial charge in [0.2, 0.25) is 0 Å². The molecule has 0 aliphatic rings. The van der Waals surface area contributed by atoms with Crippen LogP contribution in [0.15, 0.2) is 0 Å². The van der Waals surface area contributed by atoms with Crippen LogP contribution in [0.1, 0.15) is 27.7 Å². The first-order valence-corrected chi connectivity index (χ1v) is 4.80. The zero-order valence-electron chi connectivity index (χ0n) is 9.81. The number of carbonyl (C=O) groups is 3. The van der Waals surface area contributed by atoms with Crippen molar-refractivity contribution in [2.75, 3.05) is 6.61 Å². The fourth-order valence-electron chi connectivity index (χ4n) is 1.02. The molecule has 0 fully saturated rings. The fraction of sp³-hybridized carbons (Fsp3) is 0.700. The van der Waals surface area contributed by atoms with Crippen LogP contribution in [0, 0.1) is 0 Å². The quantitative estimate of drug-likeness (QED) is 0.505. The van der Waals surface area contributed by atoms with E-state index in [1.807, 2.05) is 0 Å². The number of ether oxygens (including phenoxy) is 3. The average Bonchev–Trinajstić information content (AvgIpc) is 2.09. The van der Waals surface area contributed by atoms with Gasteiger partial charge >= 0.3 is 17.9 Å². The maximum absolute atomic E-state index is 10.8. The van der Waals surface area contributed by atoms with Gasteiger partial charge in [-0.25, -0.2) is 0 Å². The van der Waals surface area contributed by atoms with Crippen LogP contribution in [-0.4, -0.2) is 36.7 Å². The first-order chi connectivity index (χ1) is 7.32. The molecule has 0 unspecified atom stereocenters. The third-order valence-corrected chi connectivity index (χ3v) is 1.64. The summed E-state index contributed by atoms with van der Waals surface area (Å²) in [5, 5.41) is 0. The highest BCUT2D eigenvalue weighted by molar-refractivity contribution is 5.68. The molecule has 0 aromatic rings. The summed E-state index contributed by atoms with van der Waals surface area (Å²) in [5.41, 5.74) is 0. The molecule has 0 N–H and O–H groups in total. The normalized spacial score (nSPS) is 13.5. The molecule has 0 aliphatic heterocycles. The van der Waals surface area contributed by atoms with Crippen molar-refractivity contribution in [1.82, 2.24) is 0 Å². The monoisotopic (exact) mass is 232 g/mol. The standard InChI is InChI=1S/C10H16O6/c1-6(15-8(3)12)10(16-9(4)13)5-14-7(2)11/h6,10H,5H2,1-4H3/t6-,10+/m0/s1. The first-order valence-electron chi connectivity index (χ1n) is 4.80. The second-order valence-corrected chi connectivity index (χ2v) is 3.27. The summed E-state index contributed by atoms with van der Waals surface area (Å²) in [4.78, 5) is 32.1. The van der Waals surface area contributed by atoms with E-state index in [4.69, 9.17) is 14.2 Å². The van der Waals surface area contributed by atoms with Crippen molar-refractivity contribution in [1.29, 1.82) is 0 Å². The van der Waals surface area contributed by atoms with Crippen LogP contribution in [0.25, 0.3) is 0 Å². The van der Waals surface area contributed by atoms with Crippen LogP contribution >= 0.6 is 0 Å². The molecule has 0 saturated heterocycles. The van der Waals surface area contributed by atoms with Crippen LogP contribution in [-0.2, 0) is 28.6 Å². The lowest BCUT2D eigenvalue weighted by molar-refractivity contribution is -0.171. The molecule has 0 saturated carbocycles. The molecule has 0 aromatic carbocycles. The van der Waals surface area contributed by atoms with Crippen LogP contribution in [0.5, 0.6) is 0 Å². The topological polar surface area (TPSA) is 78.9 Å². The number of hydrogen-bond donors (Lipinski definition) is 0. The SMILES string of the molecule is CC(=O)OC[C@@H](OC(C)=O)[C@H](C)OC(C)=O. The van der Waals surface area contributed by atoms with Crippen molar-refractivity contribution >= 4 is 17.9 Å². The Hall–Kier alpha value is -1.59. The van der Waals surface area contributed by atoms with Gasteiger partial charge in [0.1, 0.15) is 12.7 Å². The van der Waals surface area contributed by atoms with E-state index in [2.05, 4.69) is 0 Å². The van der Waals surface area contributed by atoms with Crippen molar-refractivity contribution in [3.8, 4) is 0 Å². The van der Waals surface area contributed by atoms with E-state index in [1.54, 1.807) is 6.92 Å². The molecule has 92 valence electrons. The summed E-state index contributed by atoms with van der Waals surface area (Å²) in [5.74, 6) is -1.52. The summed E-state index contributed by atoms with van der Waals surface area (Å²) in [6, 6.07) is 0. The summed E-state index contributed by atoms with van der Waals surface area (Å²) in [6.45, 7) is 5.12. The minimum absolute atomic E-state index is 0.136. The van der Waals surface area contributed by atoms with E-state index in [-0.39, 0.29) is 6.61 Å². The maximum atomic E-state index is 10.8. The van der Waals surface area contributed by atoms with E-state index >= 15 is 0 Å². The predicted octanol–water partition coefficient (Wildman–Crippen LogP) is 0.433. The third kappa shape index (κ3) is 6.80. The predicted molar refractivity (Wildman–Crippen MR) is 53.4 cm³/mol. The van der Waals surface area contributed by atoms with Gasteiger partial charge in [0, 0.05) is 20.8 Å². The van der Waals surface area contributed by atoms with E-state index in [1.165, 1.54) is 20.8 Å². The molecule has 0 spiro atoms. The lowest BCUT2D eigenvalue weighted by Gasteiger charge is -2.22. The number of rotatable bonds is 5. The Labute approximate surface area is 93.8 Å². The van der Waals surface area contributed by atoms with Gasteiger partial charge < -0.3 is 14.2 Å². The molecule has 16 heavy (non-hydrogen) atoms. The van der Waals surface area contributed by atoms with Crippen molar-refractivity contribution in [3.63, 3.8) is 0 Å². The highest BCUT2D eigenvalue weighted by Crippen LogP contribution is 2.06. The fourth-order valence-corrected chi connectivity index (χ4v) is 1.02. The smallest absolute Gasteiger partial charge is 0.303 e. The van der Waals surface area contributed by atoms with Crippen molar-refractivity contribution in [2.45, 2.75) is 39.9 Å². The summed E-state index contributed by atoms with van der Waals surface area (Å²) >= 11 is 0. The molecular weight excluding hydrogens is 216 g/mol. The Morgan fingerprint density at radius 3 is 1.81 bits per heavy atom. The van der Waals surface area contributed by atoms with Crippen LogP contribution < -0.4 is 0 Å². The Morgan fingerprint density at radius 1 is 0.938 bits per heavy atom. The Morgan fingerprint density at radius 2 is 1.44 bits per heavy atom. The van der Waals surface area contributed by atoms with Crippen LogP contribution in [0.4, 0.5) is 0 Å². The molecular formula is C10H16O6. The second kappa shape index (κ2) is 6.81. The Balaban J connectivity index is 4.33. The van der Waals surface area contributed by atoms with Crippen molar-refractivity contribution in [3.05, 3.63) is 0 Å². The van der Waals surface area contributed by atoms with Crippen molar-refractivity contribution in [2.24, 2.45) is 0 Å². The van der Waals surface area contributed by atoms with Gasteiger partial charge in [0.05, 0.1) is 0 Å². The zero-order chi connectivity index (χ0) is 12.7. The summed E-state index contributed by atoms with van der Waals surface area (Å²) < 4.78 is 14.4. The van der Waals surface area contributed by atoms with Crippen molar-refractivity contribution < 1.29 is 28.6 Å². The van der Waals surface area contributed by atoms with E-state index in [0.29, 0.717) is 0 Å². The molecule has 0 radical (unpaired) electrons. The minimum atomic E-state index is -0.787. The van der Waals surface area contributed by atoms with Crippen LogP contribution in [0.3, 0.4) is 0 Å². The average molecular weight is 232 g/mol. The minimum Gasteiger partial charge on any atom is -0.462 e. The maximum Gasteiger partial charge on any atom is 0.303 e. The molecule has 6 heteroatoms. The molecule has 0 bridgehead atoms. The summed E-state index contributed by atoms with van der Waals surface area (Å²) in [7, 11) is 0. The van der Waals surface area contributed by atoms with Gasteiger partial charge in [-0.1, -0.05) is 0 Å². The van der Waals surface area contributed by atoms with E-state index < -0.39 is 30.1 Å². The highest BCUT2D eigenvalue weighted by Gasteiger charge is 2.24. The van der Waals surface area contributed by atoms with Gasteiger partial charge in [0.25, 0.3) is 0 Å². The largest absolute Gasteiger partial charge is 0.462 e. The Kier molecular flexibility index (Phi) is 6.14.